The normalized spacial score (nSPS) is 16.8. The first-order valence-corrected chi connectivity index (χ1v) is 8.67. The molecule has 21 heavy (non-hydrogen) atoms. The quantitative estimate of drug-likeness (QED) is 0.767. The van der Waals surface area contributed by atoms with Crippen molar-refractivity contribution >= 4 is 15.7 Å². The number of rotatable bonds is 6. The summed E-state index contributed by atoms with van der Waals surface area (Å²) in [5.74, 6) is 0.301. The average molecular weight is 313 g/mol. The molecule has 1 fully saturated rings. The smallest absolute Gasteiger partial charge is 0.244 e. The van der Waals surface area contributed by atoms with E-state index in [-0.39, 0.29) is 4.90 Å². The number of nitrogen functional groups attached to an aromatic ring is 1. The summed E-state index contributed by atoms with van der Waals surface area (Å²) in [5.41, 5.74) is 6.06. The zero-order valence-electron chi connectivity index (χ0n) is 12.3. The maximum atomic E-state index is 12.3. The molecule has 0 spiro atoms. The van der Waals surface area contributed by atoms with E-state index < -0.39 is 10.0 Å². The maximum Gasteiger partial charge on any atom is 0.244 e. The molecule has 0 radical (unpaired) electrons. The molecule has 0 saturated carbocycles. The fourth-order valence-electron chi connectivity index (χ4n) is 2.50. The van der Waals surface area contributed by atoms with Gasteiger partial charge in [-0.2, -0.15) is 0 Å². The number of ether oxygens (including phenoxy) is 1. The molecule has 7 heteroatoms. The Morgan fingerprint density at radius 1 is 1.29 bits per heavy atom. The first-order chi connectivity index (χ1) is 10.0. The van der Waals surface area contributed by atoms with Crippen LogP contribution in [0.4, 0.5) is 5.69 Å². The van der Waals surface area contributed by atoms with Gasteiger partial charge in [-0.15, -0.1) is 0 Å². The topological polar surface area (TPSA) is 84.7 Å². The molecule has 1 aliphatic heterocycles. The number of piperidine rings is 1. The predicted octanol–water partition coefficient (Wildman–Crippen LogP) is 1.04. The Kier molecular flexibility index (Phi) is 5.44. The van der Waals surface area contributed by atoms with Gasteiger partial charge >= 0.3 is 0 Å². The van der Waals surface area contributed by atoms with E-state index in [4.69, 9.17) is 10.5 Å². The summed E-state index contributed by atoms with van der Waals surface area (Å²) in [5, 5.41) is 0. The summed E-state index contributed by atoms with van der Waals surface area (Å²) in [6.45, 7) is 3.21. The van der Waals surface area contributed by atoms with Crippen molar-refractivity contribution < 1.29 is 13.2 Å². The number of benzene rings is 1. The highest BCUT2D eigenvalue weighted by molar-refractivity contribution is 7.89. The zero-order valence-corrected chi connectivity index (χ0v) is 13.2. The lowest BCUT2D eigenvalue weighted by Crippen LogP contribution is -2.37. The number of methoxy groups -OCH3 is 1. The number of sulfonamides is 1. The molecule has 1 aliphatic rings. The predicted molar refractivity (Wildman–Crippen MR) is 82.9 cm³/mol. The summed E-state index contributed by atoms with van der Waals surface area (Å²) in [6.07, 6.45) is 3.65. The zero-order chi connectivity index (χ0) is 15.3. The van der Waals surface area contributed by atoms with Crippen LogP contribution in [0.2, 0.25) is 0 Å². The highest BCUT2D eigenvalue weighted by Gasteiger charge is 2.20. The molecule has 1 aromatic carbocycles. The molecule has 0 aliphatic carbocycles. The van der Waals surface area contributed by atoms with Crippen LogP contribution in [-0.2, 0) is 10.0 Å². The van der Waals surface area contributed by atoms with Crippen LogP contribution in [0.15, 0.2) is 23.1 Å². The lowest BCUT2D eigenvalue weighted by molar-refractivity contribution is 0.232. The monoisotopic (exact) mass is 313 g/mol. The molecule has 2 rings (SSSR count). The summed E-state index contributed by atoms with van der Waals surface area (Å²) >= 11 is 0. The van der Waals surface area contributed by atoms with Crippen LogP contribution in [0.25, 0.3) is 0 Å². The molecule has 0 bridgehead atoms. The van der Waals surface area contributed by atoms with Crippen LogP contribution in [0.3, 0.4) is 0 Å². The molecule has 0 unspecified atom stereocenters. The lowest BCUT2D eigenvalue weighted by Gasteiger charge is -2.26. The number of likely N-dealkylation sites (tertiary alicyclic amines) is 1. The molecule has 1 aromatic rings. The Hall–Kier alpha value is -1.31. The second kappa shape index (κ2) is 7.11. The molecule has 118 valence electrons. The van der Waals surface area contributed by atoms with Gasteiger partial charge in [0, 0.05) is 18.8 Å². The third kappa shape index (κ3) is 4.33. The van der Waals surface area contributed by atoms with E-state index in [1.807, 2.05) is 0 Å². The SMILES string of the molecule is COc1ccc(N)cc1S(=O)(=O)NCCN1CCCCC1. The van der Waals surface area contributed by atoms with Crippen molar-refractivity contribution in [1.29, 1.82) is 0 Å². The van der Waals surface area contributed by atoms with Gasteiger partial charge in [0.2, 0.25) is 10.0 Å². The largest absolute Gasteiger partial charge is 0.495 e. The minimum atomic E-state index is -3.61. The highest BCUT2D eigenvalue weighted by atomic mass is 32.2. The van der Waals surface area contributed by atoms with Gasteiger partial charge in [0.05, 0.1) is 7.11 Å². The molecule has 0 atom stereocenters. The van der Waals surface area contributed by atoms with E-state index in [9.17, 15) is 8.42 Å². The van der Waals surface area contributed by atoms with Crippen LogP contribution in [-0.4, -0.2) is 46.6 Å². The Bertz CT molecular complexity index is 569. The number of hydrogen-bond acceptors (Lipinski definition) is 5. The first kappa shape index (κ1) is 16.1. The van der Waals surface area contributed by atoms with E-state index >= 15 is 0 Å². The number of anilines is 1. The summed E-state index contributed by atoms with van der Waals surface area (Å²) < 4.78 is 32.4. The van der Waals surface area contributed by atoms with Gasteiger partial charge in [0.15, 0.2) is 0 Å². The third-order valence-corrected chi connectivity index (χ3v) is 5.13. The minimum Gasteiger partial charge on any atom is -0.495 e. The van der Waals surface area contributed by atoms with E-state index in [2.05, 4.69) is 9.62 Å². The van der Waals surface area contributed by atoms with Crippen molar-refractivity contribution in [3.05, 3.63) is 18.2 Å². The van der Waals surface area contributed by atoms with Gasteiger partial charge in [0.1, 0.15) is 10.6 Å². The van der Waals surface area contributed by atoms with Crippen LogP contribution in [0.5, 0.6) is 5.75 Å². The highest BCUT2D eigenvalue weighted by Crippen LogP contribution is 2.25. The maximum absolute atomic E-state index is 12.3. The van der Waals surface area contributed by atoms with Crippen molar-refractivity contribution in [2.24, 2.45) is 0 Å². The van der Waals surface area contributed by atoms with Crippen LogP contribution in [0.1, 0.15) is 19.3 Å². The van der Waals surface area contributed by atoms with E-state index in [1.165, 1.54) is 32.4 Å². The molecule has 1 saturated heterocycles. The second-order valence-corrected chi connectivity index (χ2v) is 6.95. The van der Waals surface area contributed by atoms with Gasteiger partial charge in [-0.05, 0) is 44.1 Å². The van der Waals surface area contributed by atoms with Crippen molar-refractivity contribution in [2.75, 3.05) is 39.0 Å². The van der Waals surface area contributed by atoms with Gasteiger partial charge in [-0.3, -0.25) is 0 Å². The molecule has 3 N–H and O–H groups in total. The van der Waals surface area contributed by atoms with Crippen molar-refractivity contribution in [2.45, 2.75) is 24.2 Å². The molecule has 6 nitrogen and oxygen atoms in total. The van der Waals surface area contributed by atoms with Crippen molar-refractivity contribution in [3.63, 3.8) is 0 Å². The number of hydrogen-bond donors (Lipinski definition) is 2. The Balaban J connectivity index is 1.99. The van der Waals surface area contributed by atoms with Gasteiger partial charge in [0.25, 0.3) is 0 Å². The van der Waals surface area contributed by atoms with E-state index in [1.54, 1.807) is 12.1 Å². The van der Waals surface area contributed by atoms with E-state index in [0.717, 1.165) is 19.6 Å². The summed E-state index contributed by atoms with van der Waals surface area (Å²) in [6, 6.07) is 4.60. The molecular weight excluding hydrogens is 290 g/mol. The van der Waals surface area contributed by atoms with Crippen LogP contribution >= 0.6 is 0 Å². The fourth-order valence-corrected chi connectivity index (χ4v) is 3.73. The van der Waals surface area contributed by atoms with Crippen molar-refractivity contribution in [3.8, 4) is 5.75 Å². The molecule has 0 amide bonds. The molecule has 1 heterocycles. The average Bonchev–Trinajstić information content (AvgIpc) is 2.48. The summed E-state index contributed by atoms with van der Waals surface area (Å²) in [4.78, 5) is 2.37. The number of nitrogens with one attached hydrogen (secondary N) is 1. The summed E-state index contributed by atoms with van der Waals surface area (Å²) in [7, 11) is -2.17. The van der Waals surface area contributed by atoms with Gasteiger partial charge in [-0.1, -0.05) is 6.42 Å². The minimum absolute atomic E-state index is 0.0867. The number of nitrogens with two attached hydrogens (primary N) is 1. The van der Waals surface area contributed by atoms with Gasteiger partial charge in [-0.25, -0.2) is 13.1 Å². The lowest BCUT2D eigenvalue weighted by atomic mass is 10.1. The fraction of sp³-hybridized carbons (Fsp3) is 0.571. The first-order valence-electron chi connectivity index (χ1n) is 7.18. The standard InChI is InChI=1S/C14H23N3O3S/c1-20-13-6-5-12(15)11-14(13)21(18,19)16-7-10-17-8-3-2-4-9-17/h5-6,11,16H,2-4,7-10,15H2,1H3. The second-order valence-electron chi connectivity index (χ2n) is 5.21. The van der Waals surface area contributed by atoms with Crippen molar-refractivity contribution in [1.82, 2.24) is 9.62 Å². The Morgan fingerprint density at radius 3 is 2.67 bits per heavy atom. The Morgan fingerprint density at radius 2 is 2.00 bits per heavy atom. The van der Waals surface area contributed by atoms with Gasteiger partial charge < -0.3 is 15.4 Å². The third-order valence-electron chi connectivity index (χ3n) is 3.65. The molecule has 0 aromatic heterocycles. The van der Waals surface area contributed by atoms with E-state index in [0.29, 0.717) is 18.0 Å². The number of nitrogens with zero attached hydrogens (tertiary/aromatic N) is 1. The molecular formula is C14H23N3O3S. The Labute approximate surface area is 126 Å². The van der Waals surface area contributed by atoms with Crippen LogP contribution < -0.4 is 15.2 Å². The van der Waals surface area contributed by atoms with Crippen LogP contribution in [0, 0.1) is 0 Å².